The van der Waals surface area contributed by atoms with Crippen molar-refractivity contribution in [3.63, 3.8) is 0 Å². The van der Waals surface area contributed by atoms with Crippen LogP contribution in [0.5, 0.6) is 0 Å². The minimum absolute atomic E-state index is 0.00239. The Bertz CT molecular complexity index is 1010. The van der Waals surface area contributed by atoms with Crippen molar-refractivity contribution in [2.75, 3.05) is 26.2 Å². The molecule has 2 aliphatic rings. The molecule has 1 amide bonds. The molecule has 9 heteroatoms. The van der Waals surface area contributed by atoms with Gasteiger partial charge in [-0.1, -0.05) is 35.9 Å². The third kappa shape index (κ3) is 4.36. The highest BCUT2D eigenvalue weighted by Gasteiger charge is 2.62. The van der Waals surface area contributed by atoms with Crippen molar-refractivity contribution in [1.29, 1.82) is 0 Å². The lowest BCUT2D eigenvalue weighted by Gasteiger charge is -2.50. The predicted octanol–water partition coefficient (Wildman–Crippen LogP) is 4.61. The molecule has 33 heavy (non-hydrogen) atoms. The second kappa shape index (κ2) is 8.89. The van der Waals surface area contributed by atoms with Crippen molar-refractivity contribution in [3.05, 3.63) is 70.5 Å². The number of hydrogen-bond donors (Lipinski definition) is 2. The number of carbonyl (C=O) groups is 1. The molecule has 4 nitrogen and oxygen atoms in total. The van der Waals surface area contributed by atoms with Gasteiger partial charge in [0.1, 0.15) is 5.82 Å². The van der Waals surface area contributed by atoms with Crippen LogP contribution in [0.15, 0.2) is 48.5 Å². The number of benzene rings is 2. The summed E-state index contributed by atoms with van der Waals surface area (Å²) in [7, 11) is 0. The van der Waals surface area contributed by atoms with Gasteiger partial charge in [-0.25, -0.2) is 4.39 Å². The van der Waals surface area contributed by atoms with Gasteiger partial charge >= 0.3 is 6.18 Å². The monoisotopic (exact) mass is 484 g/mol. The van der Waals surface area contributed by atoms with E-state index < -0.39 is 23.2 Å². The topological polar surface area (TPSA) is 52.6 Å². The number of likely N-dealkylation sites (tertiary alicyclic amines) is 1. The van der Waals surface area contributed by atoms with E-state index in [-0.39, 0.29) is 35.3 Å². The fourth-order valence-corrected chi connectivity index (χ4v) is 5.44. The lowest BCUT2D eigenvalue weighted by molar-refractivity contribution is -0.262. The lowest BCUT2D eigenvalue weighted by Crippen LogP contribution is -2.59. The molecule has 2 atom stereocenters. The summed E-state index contributed by atoms with van der Waals surface area (Å²) in [5.41, 5.74) is -3.52. The number of alkyl halides is 3. The van der Waals surface area contributed by atoms with E-state index in [0.29, 0.717) is 19.4 Å². The molecule has 1 spiro atoms. The highest BCUT2D eigenvalue weighted by molar-refractivity contribution is 6.30. The zero-order valence-electron chi connectivity index (χ0n) is 17.8. The second-order valence-corrected chi connectivity index (χ2v) is 9.37. The van der Waals surface area contributed by atoms with Gasteiger partial charge in [0.05, 0.1) is 0 Å². The Balaban J connectivity index is 1.58. The van der Waals surface area contributed by atoms with Crippen LogP contribution in [0.4, 0.5) is 17.6 Å². The van der Waals surface area contributed by atoms with E-state index in [1.54, 1.807) is 12.1 Å². The normalized spacial score (nSPS) is 22.7. The molecule has 4 rings (SSSR count). The number of rotatable bonds is 3. The van der Waals surface area contributed by atoms with E-state index in [4.69, 9.17) is 11.6 Å². The van der Waals surface area contributed by atoms with Crippen LogP contribution in [0.2, 0.25) is 5.02 Å². The minimum atomic E-state index is -5.21. The van der Waals surface area contributed by atoms with Gasteiger partial charge in [0, 0.05) is 36.1 Å². The van der Waals surface area contributed by atoms with Crippen molar-refractivity contribution in [2.24, 2.45) is 5.41 Å². The van der Waals surface area contributed by atoms with Crippen molar-refractivity contribution >= 4 is 17.5 Å². The van der Waals surface area contributed by atoms with E-state index in [9.17, 15) is 27.5 Å². The van der Waals surface area contributed by atoms with Crippen LogP contribution in [0.3, 0.4) is 0 Å². The SMILES string of the molecule is O=C(N1CCC2(CCNC[C@H]2c2ccc(F)cc2)CC1)C(O)(c1cccc(Cl)c1)C(F)(F)F. The van der Waals surface area contributed by atoms with E-state index in [2.05, 4.69) is 5.32 Å². The number of nitrogens with one attached hydrogen (secondary N) is 1. The molecular formula is C24H25ClF4N2O2. The van der Waals surface area contributed by atoms with Crippen LogP contribution in [0, 0.1) is 11.2 Å². The Kier molecular flexibility index (Phi) is 6.46. The molecule has 0 aromatic heterocycles. The van der Waals surface area contributed by atoms with Gasteiger partial charge in [-0.15, -0.1) is 0 Å². The fraction of sp³-hybridized carbons (Fsp3) is 0.458. The van der Waals surface area contributed by atoms with Gasteiger partial charge in [-0.2, -0.15) is 13.2 Å². The van der Waals surface area contributed by atoms with Crippen LogP contribution in [0.1, 0.15) is 36.3 Å². The van der Waals surface area contributed by atoms with Crippen LogP contribution in [-0.2, 0) is 10.4 Å². The minimum Gasteiger partial charge on any atom is -0.368 e. The number of piperidine rings is 2. The van der Waals surface area contributed by atoms with Gasteiger partial charge in [-0.3, -0.25) is 4.79 Å². The molecule has 0 saturated carbocycles. The van der Waals surface area contributed by atoms with Crippen LogP contribution in [-0.4, -0.2) is 48.3 Å². The summed E-state index contributed by atoms with van der Waals surface area (Å²) in [4.78, 5) is 14.2. The van der Waals surface area contributed by atoms with Gasteiger partial charge in [0.2, 0.25) is 0 Å². The van der Waals surface area contributed by atoms with Crippen molar-refractivity contribution in [1.82, 2.24) is 10.2 Å². The molecule has 2 fully saturated rings. The maximum absolute atomic E-state index is 14.0. The second-order valence-electron chi connectivity index (χ2n) is 8.93. The average Bonchev–Trinajstić information content (AvgIpc) is 2.79. The predicted molar refractivity (Wildman–Crippen MR) is 116 cm³/mol. The first-order chi connectivity index (χ1) is 15.6. The van der Waals surface area contributed by atoms with E-state index in [1.165, 1.54) is 24.3 Å². The Morgan fingerprint density at radius 2 is 1.76 bits per heavy atom. The zero-order chi connectivity index (χ0) is 23.9. The summed E-state index contributed by atoms with van der Waals surface area (Å²) < 4.78 is 55.5. The molecule has 2 saturated heterocycles. The van der Waals surface area contributed by atoms with Gasteiger partial charge < -0.3 is 15.3 Å². The highest BCUT2D eigenvalue weighted by Crippen LogP contribution is 2.49. The Morgan fingerprint density at radius 1 is 1.09 bits per heavy atom. The number of amides is 1. The van der Waals surface area contributed by atoms with Crippen LogP contribution < -0.4 is 5.32 Å². The highest BCUT2D eigenvalue weighted by atomic mass is 35.5. The zero-order valence-corrected chi connectivity index (χ0v) is 18.6. The van der Waals surface area contributed by atoms with Crippen molar-refractivity contribution in [2.45, 2.75) is 37.0 Å². The third-order valence-electron chi connectivity index (χ3n) is 7.17. The fourth-order valence-electron chi connectivity index (χ4n) is 5.25. The van der Waals surface area contributed by atoms with Gasteiger partial charge in [0.15, 0.2) is 0 Å². The summed E-state index contributed by atoms with van der Waals surface area (Å²) in [6.45, 7) is 1.63. The van der Waals surface area contributed by atoms with Crippen LogP contribution in [0.25, 0.3) is 0 Å². The average molecular weight is 485 g/mol. The Hall–Kier alpha value is -2.16. The van der Waals surface area contributed by atoms with Gasteiger partial charge in [-0.05, 0) is 61.1 Å². The molecule has 178 valence electrons. The Morgan fingerprint density at radius 3 is 2.36 bits per heavy atom. The molecule has 2 aromatic rings. The number of halogens is 5. The molecule has 1 unspecified atom stereocenters. The molecule has 0 bridgehead atoms. The first-order valence-electron chi connectivity index (χ1n) is 10.9. The maximum Gasteiger partial charge on any atom is 0.430 e. The maximum atomic E-state index is 14.0. The number of nitrogens with zero attached hydrogens (tertiary/aromatic N) is 1. The molecule has 2 aliphatic heterocycles. The molecule has 2 N–H and O–H groups in total. The molecule has 2 aromatic carbocycles. The summed E-state index contributed by atoms with van der Waals surface area (Å²) in [6.07, 6.45) is -3.43. The smallest absolute Gasteiger partial charge is 0.368 e. The van der Waals surface area contributed by atoms with E-state index in [0.717, 1.165) is 35.6 Å². The molecule has 0 radical (unpaired) electrons. The van der Waals surface area contributed by atoms with E-state index >= 15 is 0 Å². The largest absolute Gasteiger partial charge is 0.430 e. The quantitative estimate of drug-likeness (QED) is 0.625. The standard InChI is InChI=1S/C24H25ClF4N2O2/c25-18-3-1-2-17(14-18)23(33,24(27,28)29)21(32)31-12-9-22(10-13-31)8-11-30-15-20(22)16-4-6-19(26)7-5-16/h1-7,14,20,30,33H,8-13,15H2/t20-,23?/m0/s1. The van der Waals surface area contributed by atoms with Gasteiger partial charge in [0.25, 0.3) is 11.5 Å². The molecule has 2 heterocycles. The number of hydrogen-bond acceptors (Lipinski definition) is 3. The van der Waals surface area contributed by atoms with Crippen LogP contribution >= 0.6 is 11.6 Å². The lowest BCUT2D eigenvalue weighted by atomic mass is 9.62. The summed E-state index contributed by atoms with van der Waals surface area (Å²) in [5.74, 6) is -1.66. The first-order valence-corrected chi connectivity index (χ1v) is 11.3. The summed E-state index contributed by atoms with van der Waals surface area (Å²) in [5, 5.41) is 14.0. The van der Waals surface area contributed by atoms with Crippen molar-refractivity contribution in [3.8, 4) is 0 Å². The molecular weight excluding hydrogens is 460 g/mol. The summed E-state index contributed by atoms with van der Waals surface area (Å²) >= 11 is 5.84. The van der Waals surface area contributed by atoms with E-state index in [1.807, 2.05) is 0 Å². The number of aliphatic hydroxyl groups is 1. The summed E-state index contributed by atoms with van der Waals surface area (Å²) in [6, 6.07) is 11.0. The first kappa shape index (κ1) is 24.0. The Labute approximate surface area is 194 Å². The van der Waals surface area contributed by atoms with Crippen molar-refractivity contribution < 1.29 is 27.5 Å². The third-order valence-corrected chi connectivity index (χ3v) is 7.40. The number of carbonyl (C=O) groups excluding carboxylic acids is 1. The molecule has 0 aliphatic carbocycles.